The number of aldehydes is 1. The van der Waals surface area contributed by atoms with E-state index in [1.165, 1.54) is 46.9 Å². The molecule has 0 aliphatic carbocycles. The molecule has 4 atom stereocenters. The molecular weight excluding hydrogens is 673 g/mol. The number of esters is 1. The second-order valence-corrected chi connectivity index (χ2v) is 23.3. The maximum atomic E-state index is 14.6. The van der Waals surface area contributed by atoms with Gasteiger partial charge in [-0.15, -0.1) is 22.7 Å². The van der Waals surface area contributed by atoms with Crippen molar-refractivity contribution in [3.8, 4) is 0 Å². The molecule has 1 N–H and O–H groups in total. The van der Waals surface area contributed by atoms with Gasteiger partial charge in [0.05, 0.1) is 28.2 Å². The first-order chi connectivity index (χ1) is 22.1. The number of epoxide rings is 1. The Labute approximate surface area is 286 Å². The van der Waals surface area contributed by atoms with Gasteiger partial charge in [-0.05, 0) is 53.2 Å². The quantitative estimate of drug-likeness (QED) is 0.0610. The van der Waals surface area contributed by atoms with Crippen LogP contribution in [0.25, 0.3) is 0 Å². The number of quaternary nitrogens is 1. The van der Waals surface area contributed by atoms with E-state index >= 15 is 0 Å². The highest BCUT2D eigenvalue weighted by atomic mass is 32.2. The van der Waals surface area contributed by atoms with E-state index in [9.17, 15) is 18.0 Å². The number of thiophene rings is 2. The maximum absolute atomic E-state index is 14.6. The number of nitrogens with one attached hydrogen (secondary N) is 1. The standard InChI is InChI=1S/C34H45N2O7S3Si/c1-33(2,3)47(5,6)43-34(28-9-7-17-44-28,29-10-8-18-45-29)32(38)41-24-19-26-30-31(42-30)27(20-24)36(26,4)16-15-35-22-46(39,40)25-13-11-23(21-37)12-14-25/h7-14,17-18,21,24,26-27,30-31,35H,15-16,19-20,22H2,1-6H3/q+1. The molecule has 0 amide bonds. The molecule has 2 aromatic heterocycles. The molecule has 47 heavy (non-hydrogen) atoms. The lowest BCUT2D eigenvalue weighted by atomic mass is 9.94. The summed E-state index contributed by atoms with van der Waals surface area (Å²) in [6, 6.07) is 14.1. The highest BCUT2D eigenvalue weighted by molar-refractivity contribution is 7.91. The van der Waals surface area contributed by atoms with Gasteiger partial charge in [-0.1, -0.05) is 45.0 Å². The van der Waals surface area contributed by atoms with Gasteiger partial charge in [-0.2, -0.15) is 0 Å². The summed E-state index contributed by atoms with van der Waals surface area (Å²) < 4.78 is 46.3. The summed E-state index contributed by atoms with van der Waals surface area (Å²) in [7, 11) is -3.77. The number of morpholine rings is 1. The topological polar surface area (TPSA) is 111 Å². The molecule has 3 fully saturated rings. The van der Waals surface area contributed by atoms with E-state index in [4.69, 9.17) is 13.9 Å². The van der Waals surface area contributed by atoms with Crippen LogP contribution in [0.3, 0.4) is 0 Å². The SMILES string of the molecule is CC(C)(C)[Si](C)(C)OC(C(=O)OC1CC2C3OC3C(C1)[N+]2(C)CCNCS(=O)(=O)c1ccc(C=O)cc1)(c1cccs1)c1cccs1. The van der Waals surface area contributed by atoms with E-state index in [0.29, 0.717) is 31.2 Å². The summed E-state index contributed by atoms with van der Waals surface area (Å²) >= 11 is 3.04. The van der Waals surface area contributed by atoms with Crippen LogP contribution in [0.15, 0.2) is 64.2 Å². The third kappa shape index (κ3) is 6.34. The first kappa shape index (κ1) is 34.6. The third-order valence-electron chi connectivity index (χ3n) is 10.8. The van der Waals surface area contributed by atoms with E-state index in [1.807, 2.05) is 35.0 Å². The van der Waals surface area contributed by atoms with E-state index in [-0.39, 0.29) is 52.2 Å². The largest absolute Gasteiger partial charge is 0.459 e. The Morgan fingerprint density at radius 2 is 1.60 bits per heavy atom. The van der Waals surface area contributed by atoms with Crippen molar-refractivity contribution in [3.63, 3.8) is 0 Å². The van der Waals surface area contributed by atoms with Crippen molar-refractivity contribution in [2.24, 2.45) is 0 Å². The zero-order valence-electron chi connectivity index (χ0n) is 27.8. The van der Waals surface area contributed by atoms with Crippen LogP contribution in [0.2, 0.25) is 18.1 Å². The van der Waals surface area contributed by atoms with Crippen LogP contribution >= 0.6 is 22.7 Å². The van der Waals surface area contributed by atoms with Crippen molar-refractivity contribution in [1.82, 2.24) is 5.32 Å². The number of carbonyl (C=O) groups excluding carboxylic acids is 2. The number of rotatable bonds is 13. The lowest BCUT2D eigenvalue weighted by Crippen LogP contribution is -2.64. The lowest BCUT2D eigenvalue weighted by molar-refractivity contribution is -0.955. The molecule has 4 unspecified atom stereocenters. The predicted molar refractivity (Wildman–Crippen MR) is 186 cm³/mol. The van der Waals surface area contributed by atoms with Crippen LogP contribution in [0, 0.1) is 0 Å². The highest BCUT2D eigenvalue weighted by Crippen LogP contribution is 2.53. The number of piperidine rings is 1. The molecule has 3 aliphatic heterocycles. The predicted octanol–water partition coefficient (Wildman–Crippen LogP) is 5.58. The number of hydrogen-bond acceptors (Lipinski definition) is 10. The monoisotopic (exact) mass is 717 g/mol. The van der Waals surface area contributed by atoms with Crippen molar-refractivity contribution < 1.29 is 36.4 Å². The minimum Gasteiger partial charge on any atom is -0.459 e. The summed E-state index contributed by atoms with van der Waals surface area (Å²) in [4.78, 5) is 27.4. The van der Waals surface area contributed by atoms with Gasteiger partial charge in [-0.3, -0.25) is 10.1 Å². The molecule has 13 heteroatoms. The van der Waals surface area contributed by atoms with E-state index in [0.717, 1.165) is 20.8 Å². The van der Waals surface area contributed by atoms with Crippen LogP contribution in [0.1, 0.15) is 53.7 Å². The average Bonchev–Trinajstić information content (AvgIpc) is 3.33. The Bertz CT molecular complexity index is 1630. The molecular formula is C34H45N2O7S3Si+. The lowest BCUT2D eigenvalue weighted by Gasteiger charge is -2.49. The molecule has 9 nitrogen and oxygen atoms in total. The highest BCUT2D eigenvalue weighted by Gasteiger charge is 2.72. The van der Waals surface area contributed by atoms with Crippen LogP contribution in [-0.4, -0.2) is 89.9 Å². The van der Waals surface area contributed by atoms with E-state index in [2.05, 4.69) is 46.2 Å². The van der Waals surface area contributed by atoms with Gasteiger partial charge in [0.1, 0.15) is 42.6 Å². The Balaban J connectivity index is 1.16. The van der Waals surface area contributed by atoms with Gasteiger partial charge in [0.2, 0.25) is 5.60 Å². The van der Waals surface area contributed by atoms with E-state index < -0.39 is 23.8 Å². The van der Waals surface area contributed by atoms with Crippen molar-refractivity contribution in [3.05, 3.63) is 74.6 Å². The smallest absolute Gasteiger partial charge is 0.348 e. The maximum Gasteiger partial charge on any atom is 0.348 e. The minimum atomic E-state index is -3.54. The number of likely N-dealkylation sites (N-methyl/N-ethyl adjacent to an activating group) is 1. The fourth-order valence-corrected chi connectivity index (χ4v) is 11.5. The summed E-state index contributed by atoms with van der Waals surface area (Å²) in [5.41, 5.74) is -0.894. The molecule has 0 saturated carbocycles. The van der Waals surface area contributed by atoms with Crippen LogP contribution in [0.4, 0.5) is 0 Å². The molecule has 3 aliphatic rings. The van der Waals surface area contributed by atoms with Crippen LogP contribution in [0.5, 0.6) is 0 Å². The average molecular weight is 718 g/mol. The molecule has 254 valence electrons. The normalized spacial score (nSPS) is 27.3. The summed E-state index contributed by atoms with van der Waals surface area (Å²) in [6.45, 7) is 12.1. The zero-order chi connectivity index (χ0) is 33.8. The van der Waals surface area contributed by atoms with Gasteiger partial charge >= 0.3 is 5.97 Å². The molecule has 5 heterocycles. The first-order valence-electron chi connectivity index (χ1n) is 16.1. The number of benzene rings is 1. The van der Waals surface area contributed by atoms with Gasteiger partial charge in [0.15, 0.2) is 18.2 Å². The number of hydrogen-bond donors (Lipinski definition) is 1. The number of sulfone groups is 1. The minimum absolute atomic E-state index is 0.122. The second kappa shape index (κ2) is 12.6. The molecule has 6 rings (SSSR count). The number of carbonyl (C=O) groups is 2. The Morgan fingerprint density at radius 3 is 2.09 bits per heavy atom. The fraction of sp³-hybridized carbons (Fsp3) is 0.529. The molecule has 3 aromatic rings. The van der Waals surface area contributed by atoms with Gasteiger partial charge < -0.3 is 18.4 Å². The van der Waals surface area contributed by atoms with Crippen molar-refractivity contribution in [1.29, 1.82) is 0 Å². The van der Waals surface area contributed by atoms with Crippen molar-refractivity contribution in [2.45, 2.75) is 92.6 Å². The summed E-state index contributed by atoms with van der Waals surface area (Å²) in [5, 5.41) is 6.99. The molecule has 0 spiro atoms. The van der Waals surface area contributed by atoms with Gasteiger partial charge in [-0.25, -0.2) is 13.2 Å². The summed E-state index contributed by atoms with van der Waals surface area (Å²) in [5.74, 6) is -0.538. The Kier molecular flexibility index (Phi) is 9.27. The molecule has 2 bridgehead atoms. The van der Waals surface area contributed by atoms with Crippen LogP contribution < -0.4 is 5.32 Å². The molecule has 3 saturated heterocycles. The molecule has 1 aromatic carbocycles. The first-order valence-corrected chi connectivity index (χ1v) is 22.4. The summed E-state index contributed by atoms with van der Waals surface area (Å²) in [6.07, 6.45) is 2.01. The van der Waals surface area contributed by atoms with Crippen LogP contribution in [-0.2, 0) is 34.1 Å². The Morgan fingerprint density at radius 1 is 1.02 bits per heavy atom. The van der Waals surface area contributed by atoms with E-state index in [1.54, 1.807) is 0 Å². The third-order valence-corrected chi connectivity index (χ3v) is 18.7. The number of ether oxygens (including phenoxy) is 2. The Hall–Kier alpha value is -2.23. The zero-order valence-corrected chi connectivity index (χ0v) is 31.3. The van der Waals surface area contributed by atoms with Gasteiger partial charge in [0, 0.05) is 24.9 Å². The molecule has 0 radical (unpaired) electrons. The van der Waals surface area contributed by atoms with Crippen molar-refractivity contribution >= 4 is 53.1 Å². The fourth-order valence-electron chi connectivity index (χ4n) is 7.04. The van der Waals surface area contributed by atoms with Crippen molar-refractivity contribution in [2.75, 3.05) is 26.0 Å². The number of fused-ring (bicyclic) bond motifs is 5. The number of nitrogens with zero attached hydrogens (tertiary/aromatic N) is 1. The van der Waals surface area contributed by atoms with Gasteiger partial charge in [0.25, 0.3) is 0 Å². The second-order valence-electron chi connectivity index (χ2n) is 14.7.